The van der Waals surface area contributed by atoms with Crippen molar-refractivity contribution in [3.63, 3.8) is 0 Å². The molecule has 0 unspecified atom stereocenters. The molecule has 1 aromatic heterocycles. The lowest BCUT2D eigenvalue weighted by molar-refractivity contribution is -0.0979. The van der Waals surface area contributed by atoms with Crippen molar-refractivity contribution in [2.24, 2.45) is 5.73 Å². The summed E-state index contributed by atoms with van der Waals surface area (Å²) in [5.74, 6) is 0.500. The lowest BCUT2D eigenvalue weighted by Crippen LogP contribution is -2.15. The molecule has 5 nitrogen and oxygen atoms in total. The van der Waals surface area contributed by atoms with E-state index in [0.717, 1.165) is 5.69 Å². The van der Waals surface area contributed by atoms with E-state index in [2.05, 4.69) is 25.9 Å². The molecule has 5 heteroatoms. The van der Waals surface area contributed by atoms with E-state index in [9.17, 15) is 0 Å². The van der Waals surface area contributed by atoms with Crippen molar-refractivity contribution >= 4 is 18.8 Å². The van der Waals surface area contributed by atoms with E-state index in [-0.39, 0.29) is 5.41 Å². The Hall–Kier alpha value is -1.91. The van der Waals surface area contributed by atoms with Crippen molar-refractivity contribution in [3.05, 3.63) is 23.5 Å². The van der Waals surface area contributed by atoms with Crippen LogP contribution in [-0.4, -0.2) is 22.8 Å². The number of carbonyl (C=O) groups excluding carboxylic acids is 1. The molecule has 0 aliphatic carbocycles. The first-order valence-electron chi connectivity index (χ1n) is 5.18. The van der Waals surface area contributed by atoms with Gasteiger partial charge in [0.25, 0.3) is 0 Å². The highest BCUT2D eigenvalue weighted by Gasteiger charge is 2.17. The van der Waals surface area contributed by atoms with Gasteiger partial charge in [0, 0.05) is 23.4 Å². The molecule has 94 valence electrons. The molecule has 1 aromatic rings. The van der Waals surface area contributed by atoms with Crippen LogP contribution in [0.15, 0.2) is 17.8 Å². The molecular formula is C12H20N4O. The van der Waals surface area contributed by atoms with Crippen molar-refractivity contribution in [2.75, 3.05) is 0 Å². The SMILES string of the molecule is C/C(C=N)=C(\N)n1ccc(C(C)(C)C)n1.C=O. The quantitative estimate of drug-likeness (QED) is 0.768. The zero-order chi connectivity index (χ0) is 13.6. The summed E-state index contributed by atoms with van der Waals surface area (Å²) in [6.07, 6.45) is 3.05. The minimum Gasteiger partial charge on any atom is -0.383 e. The Morgan fingerprint density at radius 3 is 2.41 bits per heavy atom. The Morgan fingerprint density at radius 1 is 1.53 bits per heavy atom. The van der Waals surface area contributed by atoms with Gasteiger partial charge in [0.05, 0.1) is 5.69 Å². The third-order valence-electron chi connectivity index (χ3n) is 2.22. The van der Waals surface area contributed by atoms with Crippen LogP contribution in [0.4, 0.5) is 0 Å². The van der Waals surface area contributed by atoms with E-state index < -0.39 is 0 Å². The summed E-state index contributed by atoms with van der Waals surface area (Å²) in [5, 5.41) is 11.5. The van der Waals surface area contributed by atoms with E-state index in [1.165, 1.54) is 6.21 Å². The molecular weight excluding hydrogens is 216 g/mol. The molecule has 0 atom stereocenters. The maximum absolute atomic E-state index is 8.00. The minimum absolute atomic E-state index is 0.0180. The Morgan fingerprint density at radius 2 is 2.06 bits per heavy atom. The van der Waals surface area contributed by atoms with E-state index in [0.29, 0.717) is 11.4 Å². The maximum Gasteiger partial charge on any atom is 0.129 e. The van der Waals surface area contributed by atoms with Gasteiger partial charge in [-0.05, 0) is 13.0 Å². The van der Waals surface area contributed by atoms with Crippen molar-refractivity contribution < 1.29 is 4.79 Å². The fourth-order valence-corrected chi connectivity index (χ4v) is 1.11. The second kappa shape index (κ2) is 5.98. The number of carbonyl (C=O) groups is 1. The van der Waals surface area contributed by atoms with Crippen molar-refractivity contribution in [2.45, 2.75) is 33.1 Å². The highest BCUT2D eigenvalue weighted by molar-refractivity contribution is 5.82. The Labute approximate surface area is 102 Å². The average molecular weight is 236 g/mol. The summed E-state index contributed by atoms with van der Waals surface area (Å²) in [7, 11) is 0. The van der Waals surface area contributed by atoms with Crippen LogP contribution in [0.1, 0.15) is 33.4 Å². The van der Waals surface area contributed by atoms with Crippen LogP contribution in [0, 0.1) is 5.41 Å². The number of hydrogen-bond acceptors (Lipinski definition) is 4. The molecule has 1 heterocycles. The number of hydrogen-bond donors (Lipinski definition) is 2. The highest BCUT2D eigenvalue weighted by atomic mass is 16.1. The number of aromatic nitrogens is 2. The molecule has 0 amide bonds. The van der Waals surface area contributed by atoms with E-state index in [4.69, 9.17) is 15.9 Å². The molecule has 0 fully saturated rings. The summed E-state index contributed by atoms with van der Waals surface area (Å²) in [6.45, 7) is 10.1. The summed E-state index contributed by atoms with van der Waals surface area (Å²) in [6, 6.07) is 1.95. The monoisotopic (exact) mass is 236 g/mol. The predicted molar refractivity (Wildman–Crippen MR) is 69.9 cm³/mol. The predicted octanol–water partition coefficient (Wildman–Crippen LogP) is 1.79. The number of nitrogens with two attached hydrogens (primary N) is 1. The van der Waals surface area contributed by atoms with Crippen molar-refractivity contribution in [3.8, 4) is 0 Å². The van der Waals surface area contributed by atoms with Crippen LogP contribution in [-0.2, 0) is 10.2 Å². The van der Waals surface area contributed by atoms with Gasteiger partial charge in [-0.1, -0.05) is 20.8 Å². The first-order chi connectivity index (χ1) is 7.86. The van der Waals surface area contributed by atoms with Gasteiger partial charge in [0.1, 0.15) is 12.6 Å². The van der Waals surface area contributed by atoms with Gasteiger partial charge >= 0.3 is 0 Å². The molecule has 17 heavy (non-hydrogen) atoms. The highest BCUT2D eigenvalue weighted by Crippen LogP contribution is 2.20. The third-order valence-corrected chi connectivity index (χ3v) is 2.22. The van der Waals surface area contributed by atoms with Gasteiger partial charge in [0.2, 0.25) is 0 Å². The maximum atomic E-state index is 8.00. The van der Waals surface area contributed by atoms with Crippen LogP contribution in [0.5, 0.6) is 0 Å². The Kier molecular flexibility index (Phi) is 5.31. The number of nitrogens with zero attached hydrogens (tertiary/aromatic N) is 2. The lowest BCUT2D eigenvalue weighted by atomic mass is 9.93. The molecule has 0 spiro atoms. The zero-order valence-corrected chi connectivity index (χ0v) is 10.8. The first-order valence-corrected chi connectivity index (χ1v) is 5.18. The van der Waals surface area contributed by atoms with Gasteiger partial charge in [-0.2, -0.15) is 5.10 Å². The van der Waals surface area contributed by atoms with Crippen molar-refractivity contribution in [1.82, 2.24) is 9.78 Å². The number of nitrogens with one attached hydrogen (secondary N) is 1. The molecule has 0 aromatic carbocycles. The topological polar surface area (TPSA) is 84.8 Å². The molecule has 0 saturated carbocycles. The summed E-state index contributed by atoms with van der Waals surface area (Å²) < 4.78 is 1.61. The smallest absolute Gasteiger partial charge is 0.129 e. The fourth-order valence-electron chi connectivity index (χ4n) is 1.11. The van der Waals surface area contributed by atoms with Crippen LogP contribution in [0.2, 0.25) is 0 Å². The summed E-state index contributed by atoms with van der Waals surface area (Å²) in [4.78, 5) is 8.00. The van der Waals surface area contributed by atoms with Gasteiger partial charge < -0.3 is 15.9 Å². The van der Waals surface area contributed by atoms with Gasteiger partial charge in [-0.3, -0.25) is 0 Å². The normalized spacial score (nSPS) is 12.2. The molecule has 0 aliphatic heterocycles. The zero-order valence-electron chi connectivity index (χ0n) is 10.8. The van der Waals surface area contributed by atoms with Gasteiger partial charge in [0.15, 0.2) is 0 Å². The average Bonchev–Trinajstić information content (AvgIpc) is 2.78. The van der Waals surface area contributed by atoms with Gasteiger partial charge in [-0.15, -0.1) is 0 Å². The fraction of sp³-hybridized carbons (Fsp3) is 0.417. The molecule has 0 bridgehead atoms. The Bertz CT molecular complexity index is 412. The van der Waals surface area contributed by atoms with E-state index >= 15 is 0 Å². The summed E-state index contributed by atoms with van der Waals surface area (Å²) in [5.41, 5.74) is 7.55. The van der Waals surface area contributed by atoms with Crippen molar-refractivity contribution in [1.29, 1.82) is 5.41 Å². The third kappa shape index (κ3) is 3.86. The van der Waals surface area contributed by atoms with Crippen LogP contribution in [0.3, 0.4) is 0 Å². The lowest BCUT2D eigenvalue weighted by Gasteiger charge is -2.14. The summed E-state index contributed by atoms with van der Waals surface area (Å²) >= 11 is 0. The van der Waals surface area contributed by atoms with Crippen LogP contribution < -0.4 is 5.73 Å². The Balaban J connectivity index is 0.00000121. The van der Waals surface area contributed by atoms with Crippen LogP contribution in [0.25, 0.3) is 5.82 Å². The molecule has 0 radical (unpaired) electrons. The molecule has 3 N–H and O–H groups in total. The minimum atomic E-state index is 0.0180. The van der Waals surface area contributed by atoms with E-state index in [1.54, 1.807) is 11.6 Å². The second-order valence-corrected chi connectivity index (χ2v) is 4.61. The number of rotatable bonds is 2. The van der Waals surface area contributed by atoms with E-state index in [1.807, 2.05) is 19.1 Å². The van der Waals surface area contributed by atoms with Gasteiger partial charge in [-0.25, -0.2) is 4.68 Å². The standard InChI is InChI=1S/C11H18N4.CH2O/c1-8(7-12)10(13)15-6-5-9(14-15)11(2,3)4;1-2/h5-7,12H,13H2,1-4H3;1H2/b10-8-,12-7?;. The largest absolute Gasteiger partial charge is 0.383 e. The van der Waals surface area contributed by atoms with Crippen LogP contribution >= 0.6 is 0 Å². The number of allylic oxidation sites excluding steroid dienone is 1. The molecule has 0 aliphatic rings. The first kappa shape index (κ1) is 15.1. The molecule has 0 saturated heterocycles. The molecule has 1 rings (SSSR count). The second-order valence-electron chi connectivity index (χ2n) is 4.61.